The highest BCUT2D eigenvalue weighted by Gasteiger charge is 2.40. The molecule has 0 aromatic rings. The van der Waals surface area contributed by atoms with E-state index in [1.54, 1.807) is 6.07 Å². The highest BCUT2D eigenvalue weighted by molar-refractivity contribution is 5.79. The van der Waals surface area contributed by atoms with Crippen LogP contribution in [0.25, 0.3) is 0 Å². The predicted octanol–water partition coefficient (Wildman–Crippen LogP) is 0.712. The lowest BCUT2D eigenvalue weighted by Gasteiger charge is -2.22. The summed E-state index contributed by atoms with van der Waals surface area (Å²) in [6.45, 7) is 2.66. The molecule has 5 heteroatoms. The van der Waals surface area contributed by atoms with Crippen LogP contribution in [0, 0.1) is 22.7 Å². The molecule has 2 N–H and O–H groups in total. The molecule has 0 aliphatic heterocycles. The van der Waals surface area contributed by atoms with Gasteiger partial charge in [0.25, 0.3) is 0 Å². The Bertz CT molecular complexity index is 268. The molecule has 0 aromatic heterocycles. The Hall–Kier alpha value is -1.57. The third kappa shape index (κ3) is 2.44. The fraction of sp³-hybridized carbons (Fsp3) is 0.625. The minimum absolute atomic E-state index is 0.323. The van der Waals surface area contributed by atoms with Crippen LogP contribution in [0.3, 0.4) is 0 Å². The molecule has 0 aromatic carbocycles. The summed E-state index contributed by atoms with van der Waals surface area (Å²) >= 11 is 0. The van der Waals surface area contributed by atoms with Crippen molar-refractivity contribution in [2.75, 3.05) is 0 Å². The molecule has 0 bridgehead atoms. The summed E-state index contributed by atoms with van der Waals surface area (Å²) < 4.78 is 0. The van der Waals surface area contributed by atoms with E-state index in [1.165, 1.54) is 13.8 Å². The maximum Gasteiger partial charge on any atom is 0.324 e. The summed E-state index contributed by atoms with van der Waals surface area (Å²) in [5.74, 6) is -3.11. The van der Waals surface area contributed by atoms with Crippen molar-refractivity contribution in [3.05, 3.63) is 0 Å². The molecule has 0 radical (unpaired) electrons. The molecule has 0 amide bonds. The summed E-state index contributed by atoms with van der Waals surface area (Å²) in [4.78, 5) is 21.0. The second-order valence-corrected chi connectivity index (χ2v) is 3.12. The van der Waals surface area contributed by atoms with E-state index in [1.807, 2.05) is 0 Å². The summed E-state index contributed by atoms with van der Waals surface area (Å²) in [7, 11) is 0. The first-order valence-corrected chi connectivity index (χ1v) is 3.71. The monoisotopic (exact) mass is 185 g/mol. The number of carboxylic acid groups (broad SMARTS) is 2. The van der Waals surface area contributed by atoms with Crippen molar-refractivity contribution >= 4 is 11.9 Å². The lowest BCUT2D eigenvalue weighted by molar-refractivity contribution is -0.148. The fourth-order valence-corrected chi connectivity index (χ4v) is 0.835. The molecule has 0 rings (SSSR count). The molecule has 0 fully saturated rings. The number of nitriles is 1. The lowest BCUT2D eigenvalue weighted by Crippen LogP contribution is -2.34. The zero-order valence-corrected chi connectivity index (χ0v) is 7.44. The van der Waals surface area contributed by atoms with Crippen LogP contribution in [0.2, 0.25) is 0 Å². The van der Waals surface area contributed by atoms with Crippen LogP contribution in [0.4, 0.5) is 0 Å². The van der Waals surface area contributed by atoms with E-state index in [0.29, 0.717) is 0 Å². The topological polar surface area (TPSA) is 98.4 Å². The quantitative estimate of drug-likeness (QED) is 0.672. The van der Waals surface area contributed by atoms with Crippen molar-refractivity contribution in [2.45, 2.75) is 20.3 Å². The van der Waals surface area contributed by atoms with Gasteiger partial charge in [0.1, 0.15) is 0 Å². The van der Waals surface area contributed by atoms with Crippen molar-refractivity contribution in [1.82, 2.24) is 0 Å². The smallest absolute Gasteiger partial charge is 0.324 e. The van der Waals surface area contributed by atoms with Gasteiger partial charge in [-0.3, -0.25) is 9.59 Å². The van der Waals surface area contributed by atoms with Gasteiger partial charge in [0, 0.05) is 6.42 Å². The highest BCUT2D eigenvalue weighted by Crippen LogP contribution is 2.29. The van der Waals surface area contributed by atoms with Gasteiger partial charge in [-0.2, -0.15) is 5.26 Å². The summed E-state index contributed by atoms with van der Waals surface area (Å²) in [6.07, 6.45) is -0.323. The van der Waals surface area contributed by atoms with Crippen LogP contribution in [0.5, 0.6) is 0 Å². The van der Waals surface area contributed by atoms with Crippen LogP contribution in [0.1, 0.15) is 20.3 Å². The Morgan fingerprint density at radius 3 is 2.23 bits per heavy atom. The maximum absolute atomic E-state index is 10.7. The molecule has 5 nitrogen and oxygen atoms in total. The van der Waals surface area contributed by atoms with E-state index in [-0.39, 0.29) is 6.42 Å². The molecule has 0 saturated carbocycles. The Kier molecular flexibility index (Phi) is 3.43. The molecule has 0 aliphatic rings. The number of carbonyl (C=O) groups is 2. The van der Waals surface area contributed by atoms with Crippen LogP contribution < -0.4 is 0 Å². The van der Waals surface area contributed by atoms with Gasteiger partial charge in [0.05, 0.1) is 6.07 Å². The maximum atomic E-state index is 10.7. The highest BCUT2D eigenvalue weighted by atomic mass is 16.4. The average molecular weight is 185 g/mol. The van der Waals surface area contributed by atoms with Gasteiger partial charge in [-0.1, -0.05) is 6.92 Å². The summed E-state index contributed by atoms with van der Waals surface area (Å²) in [5, 5.41) is 25.7. The van der Waals surface area contributed by atoms with Crippen molar-refractivity contribution < 1.29 is 19.8 Å². The van der Waals surface area contributed by atoms with Crippen LogP contribution in [-0.4, -0.2) is 22.2 Å². The Balaban J connectivity index is 4.69. The van der Waals surface area contributed by atoms with E-state index in [4.69, 9.17) is 15.5 Å². The van der Waals surface area contributed by atoms with Crippen molar-refractivity contribution in [1.29, 1.82) is 5.26 Å². The minimum atomic E-state index is -1.63. The average Bonchev–Trinajstić information content (AvgIpc) is 2.01. The molecule has 0 heterocycles. The molecule has 13 heavy (non-hydrogen) atoms. The molecular formula is C8H11NO4. The van der Waals surface area contributed by atoms with E-state index in [0.717, 1.165) is 0 Å². The molecule has 2 unspecified atom stereocenters. The van der Waals surface area contributed by atoms with E-state index in [2.05, 4.69) is 0 Å². The minimum Gasteiger partial charge on any atom is -0.481 e. The standard InChI is InChI=1S/C8H11NO4/c1-5(3-6(10)11)8(2,4-9)7(12)13/h5H,3H2,1-2H3,(H,10,11)(H,12,13). The van der Waals surface area contributed by atoms with Crippen LogP contribution >= 0.6 is 0 Å². The Morgan fingerprint density at radius 1 is 1.54 bits per heavy atom. The largest absolute Gasteiger partial charge is 0.481 e. The normalized spacial score (nSPS) is 16.7. The van der Waals surface area contributed by atoms with Gasteiger partial charge in [-0.05, 0) is 12.8 Å². The van der Waals surface area contributed by atoms with E-state index < -0.39 is 23.3 Å². The van der Waals surface area contributed by atoms with Gasteiger partial charge < -0.3 is 10.2 Å². The number of hydrogen-bond acceptors (Lipinski definition) is 3. The predicted molar refractivity (Wildman–Crippen MR) is 42.8 cm³/mol. The second-order valence-electron chi connectivity index (χ2n) is 3.12. The SMILES string of the molecule is CC(CC(=O)O)C(C)(C#N)C(=O)O. The number of hydrogen-bond donors (Lipinski definition) is 2. The Morgan fingerprint density at radius 2 is 2.00 bits per heavy atom. The number of rotatable bonds is 4. The molecule has 0 spiro atoms. The zero-order valence-electron chi connectivity index (χ0n) is 7.44. The molecule has 0 aliphatic carbocycles. The molecule has 2 atom stereocenters. The zero-order chi connectivity index (χ0) is 10.6. The third-order valence-electron chi connectivity index (χ3n) is 2.14. The molecule has 0 saturated heterocycles. The summed E-state index contributed by atoms with van der Waals surface area (Å²) in [6, 6.07) is 1.62. The van der Waals surface area contributed by atoms with Gasteiger partial charge in [0.2, 0.25) is 0 Å². The number of carboxylic acids is 2. The van der Waals surface area contributed by atoms with E-state index in [9.17, 15) is 9.59 Å². The van der Waals surface area contributed by atoms with Crippen LogP contribution in [0.15, 0.2) is 0 Å². The fourth-order valence-electron chi connectivity index (χ4n) is 0.835. The number of aliphatic carboxylic acids is 2. The summed E-state index contributed by atoms with van der Waals surface area (Å²) in [5.41, 5.74) is -1.63. The van der Waals surface area contributed by atoms with Gasteiger partial charge in [0.15, 0.2) is 5.41 Å². The first-order valence-electron chi connectivity index (χ1n) is 3.71. The first-order chi connectivity index (χ1) is 5.84. The van der Waals surface area contributed by atoms with Crippen molar-refractivity contribution in [2.24, 2.45) is 11.3 Å². The number of nitrogens with zero attached hydrogens (tertiary/aromatic N) is 1. The second kappa shape index (κ2) is 3.90. The van der Waals surface area contributed by atoms with Gasteiger partial charge in [-0.15, -0.1) is 0 Å². The lowest BCUT2D eigenvalue weighted by atomic mass is 9.78. The Labute approximate surface area is 75.6 Å². The first kappa shape index (κ1) is 11.4. The van der Waals surface area contributed by atoms with Gasteiger partial charge >= 0.3 is 11.9 Å². The molecular weight excluding hydrogens is 174 g/mol. The van der Waals surface area contributed by atoms with Crippen molar-refractivity contribution in [3.63, 3.8) is 0 Å². The van der Waals surface area contributed by atoms with Crippen molar-refractivity contribution in [3.8, 4) is 6.07 Å². The third-order valence-corrected chi connectivity index (χ3v) is 2.14. The van der Waals surface area contributed by atoms with Crippen LogP contribution in [-0.2, 0) is 9.59 Å². The molecule has 72 valence electrons. The van der Waals surface area contributed by atoms with E-state index >= 15 is 0 Å². The van der Waals surface area contributed by atoms with Gasteiger partial charge in [-0.25, -0.2) is 0 Å².